The normalized spacial score (nSPS) is 9.94. The average Bonchev–Trinajstić information content (AvgIpc) is 2.28. The van der Waals surface area contributed by atoms with Crippen molar-refractivity contribution in [2.75, 3.05) is 13.7 Å². The van der Waals surface area contributed by atoms with Crippen LogP contribution in [0.25, 0.3) is 0 Å². The molecule has 1 aromatic rings. The quantitative estimate of drug-likeness (QED) is 0.742. The Morgan fingerprint density at radius 1 is 1.31 bits per heavy atom. The van der Waals surface area contributed by atoms with Crippen molar-refractivity contribution in [2.45, 2.75) is 26.7 Å². The van der Waals surface area contributed by atoms with Crippen LogP contribution in [0.5, 0.6) is 11.5 Å². The standard InChI is InChI=1S/C13H18O3/c1-4-16-12-8-7-11(6-5-10(2)14)9-13(12)15-3/h7-9H,4-6H2,1-3H3. The smallest absolute Gasteiger partial charge is 0.161 e. The fourth-order valence-corrected chi connectivity index (χ4v) is 1.46. The third kappa shape index (κ3) is 3.57. The number of carbonyl (C=O) groups is 1. The maximum absolute atomic E-state index is 10.9. The Morgan fingerprint density at radius 2 is 2.06 bits per heavy atom. The van der Waals surface area contributed by atoms with Gasteiger partial charge in [0.25, 0.3) is 0 Å². The minimum Gasteiger partial charge on any atom is -0.493 e. The monoisotopic (exact) mass is 222 g/mol. The molecule has 0 spiro atoms. The van der Waals surface area contributed by atoms with Crippen molar-refractivity contribution in [1.29, 1.82) is 0 Å². The number of Topliss-reactive ketones (excluding diaryl/α,β-unsaturated/α-hetero) is 1. The van der Waals surface area contributed by atoms with Gasteiger partial charge in [0.05, 0.1) is 13.7 Å². The van der Waals surface area contributed by atoms with Crippen molar-refractivity contribution >= 4 is 5.78 Å². The number of rotatable bonds is 6. The molecule has 0 N–H and O–H groups in total. The summed E-state index contributed by atoms with van der Waals surface area (Å²) < 4.78 is 10.7. The van der Waals surface area contributed by atoms with E-state index in [1.165, 1.54) is 0 Å². The van der Waals surface area contributed by atoms with E-state index >= 15 is 0 Å². The second-order valence-electron chi connectivity index (χ2n) is 3.62. The third-order valence-corrected chi connectivity index (χ3v) is 2.29. The van der Waals surface area contributed by atoms with Gasteiger partial charge >= 0.3 is 0 Å². The molecule has 0 saturated heterocycles. The number of carbonyl (C=O) groups excluding carboxylic acids is 1. The number of aryl methyl sites for hydroxylation is 1. The minimum atomic E-state index is 0.202. The summed E-state index contributed by atoms with van der Waals surface area (Å²) in [5, 5.41) is 0. The average molecular weight is 222 g/mol. The van der Waals surface area contributed by atoms with Crippen LogP contribution in [0.15, 0.2) is 18.2 Å². The Balaban J connectivity index is 2.77. The molecule has 3 nitrogen and oxygen atoms in total. The Labute approximate surface area is 96.4 Å². The van der Waals surface area contributed by atoms with E-state index in [1.807, 2.05) is 25.1 Å². The van der Waals surface area contributed by atoms with Gasteiger partial charge in [0.15, 0.2) is 11.5 Å². The molecule has 0 aromatic heterocycles. The Morgan fingerprint density at radius 3 is 2.62 bits per heavy atom. The highest BCUT2D eigenvalue weighted by molar-refractivity contribution is 5.75. The van der Waals surface area contributed by atoms with Crippen LogP contribution < -0.4 is 9.47 Å². The molecule has 0 aliphatic heterocycles. The molecule has 0 radical (unpaired) electrons. The van der Waals surface area contributed by atoms with E-state index in [-0.39, 0.29) is 5.78 Å². The van der Waals surface area contributed by atoms with E-state index in [0.717, 1.165) is 23.5 Å². The van der Waals surface area contributed by atoms with Crippen LogP contribution in [-0.2, 0) is 11.2 Å². The lowest BCUT2D eigenvalue weighted by molar-refractivity contribution is -0.116. The molecule has 0 bridgehead atoms. The van der Waals surface area contributed by atoms with Crippen molar-refractivity contribution in [3.63, 3.8) is 0 Å². The molecule has 88 valence electrons. The van der Waals surface area contributed by atoms with Crippen molar-refractivity contribution < 1.29 is 14.3 Å². The first-order chi connectivity index (χ1) is 7.67. The van der Waals surface area contributed by atoms with Gasteiger partial charge in [-0.1, -0.05) is 6.07 Å². The maximum atomic E-state index is 10.9. The Kier molecular flexibility index (Phi) is 4.83. The molecule has 0 saturated carbocycles. The van der Waals surface area contributed by atoms with Gasteiger partial charge in [0.1, 0.15) is 5.78 Å². The number of methoxy groups -OCH3 is 1. The van der Waals surface area contributed by atoms with E-state index in [2.05, 4.69) is 0 Å². The zero-order valence-corrected chi connectivity index (χ0v) is 10.1. The summed E-state index contributed by atoms with van der Waals surface area (Å²) in [4.78, 5) is 10.9. The van der Waals surface area contributed by atoms with Gasteiger partial charge in [-0.25, -0.2) is 0 Å². The first kappa shape index (κ1) is 12.6. The van der Waals surface area contributed by atoms with Crippen LogP contribution >= 0.6 is 0 Å². The number of benzene rings is 1. The van der Waals surface area contributed by atoms with Crippen LogP contribution in [0.3, 0.4) is 0 Å². The molecular formula is C13H18O3. The van der Waals surface area contributed by atoms with Crippen molar-refractivity contribution in [2.24, 2.45) is 0 Å². The number of hydrogen-bond acceptors (Lipinski definition) is 3. The van der Waals surface area contributed by atoms with E-state index in [4.69, 9.17) is 9.47 Å². The van der Waals surface area contributed by atoms with Gasteiger partial charge < -0.3 is 14.3 Å². The molecule has 1 rings (SSSR count). The highest BCUT2D eigenvalue weighted by Crippen LogP contribution is 2.28. The summed E-state index contributed by atoms with van der Waals surface area (Å²) in [6.07, 6.45) is 1.31. The highest BCUT2D eigenvalue weighted by atomic mass is 16.5. The Bertz CT molecular complexity index is 358. The molecule has 0 aliphatic carbocycles. The molecule has 16 heavy (non-hydrogen) atoms. The van der Waals surface area contributed by atoms with Gasteiger partial charge in [-0.2, -0.15) is 0 Å². The molecule has 1 aromatic carbocycles. The number of ether oxygens (including phenoxy) is 2. The van der Waals surface area contributed by atoms with Crippen LogP contribution in [0.4, 0.5) is 0 Å². The molecule has 0 fully saturated rings. The SMILES string of the molecule is CCOc1ccc(CCC(C)=O)cc1OC. The zero-order chi connectivity index (χ0) is 12.0. The van der Waals surface area contributed by atoms with Gasteiger partial charge in [0.2, 0.25) is 0 Å². The van der Waals surface area contributed by atoms with Gasteiger partial charge in [-0.15, -0.1) is 0 Å². The number of ketones is 1. The lowest BCUT2D eigenvalue weighted by Gasteiger charge is -2.10. The summed E-state index contributed by atoms with van der Waals surface area (Å²) in [6.45, 7) is 4.15. The van der Waals surface area contributed by atoms with Gasteiger partial charge in [-0.05, 0) is 38.0 Å². The van der Waals surface area contributed by atoms with Crippen LogP contribution in [0.2, 0.25) is 0 Å². The molecule has 0 heterocycles. The zero-order valence-electron chi connectivity index (χ0n) is 10.1. The van der Waals surface area contributed by atoms with Gasteiger partial charge in [0, 0.05) is 6.42 Å². The fourth-order valence-electron chi connectivity index (χ4n) is 1.46. The van der Waals surface area contributed by atoms with Crippen LogP contribution in [-0.4, -0.2) is 19.5 Å². The summed E-state index contributed by atoms with van der Waals surface area (Å²) >= 11 is 0. The predicted octanol–water partition coefficient (Wildman–Crippen LogP) is 2.62. The van der Waals surface area contributed by atoms with E-state index in [9.17, 15) is 4.79 Å². The number of hydrogen-bond donors (Lipinski definition) is 0. The summed E-state index contributed by atoms with van der Waals surface area (Å²) in [7, 11) is 1.62. The topological polar surface area (TPSA) is 35.5 Å². The second-order valence-corrected chi connectivity index (χ2v) is 3.62. The van der Waals surface area contributed by atoms with Crippen LogP contribution in [0, 0.1) is 0 Å². The lowest BCUT2D eigenvalue weighted by atomic mass is 10.1. The third-order valence-electron chi connectivity index (χ3n) is 2.29. The first-order valence-electron chi connectivity index (χ1n) is 5.46. The van der Waals surface area contributed by atoms with Crippen molar-refractivity contribution in [3.05, 3.63) is 23.8 Å². The molecule has 0 amide bonds. The molecule has 0 atom stereocenters. The van der Waals surface area contributed by atoms with Crippen molar-refractivity contribution in [1.82, 2.24) is 0 Å². The van der Waals surface area contributed by atoms with Gasteiger partial charge in [-0.3, -0.25) is 0 Å². The Hall–Kier alpha value is -1.51. The lowest BCUT2D eigenvalue weighted by Crippen LogP contribution is -1.98. The van der Waals surface area contributed by atoms with Crippen LogP contribution in [0.1, 0.15) is 25.8 Å². The maximum Gasteiger partial charge on any atom is 0.161 e. The molecule has 0 aliphatic rings. The second kappa shape index (κ2) is 6.16. The molecule has 0 unspecified atom stereocenters. The molecule has 3 heteroatoms. The molecular weight excluding hydrogens is 204 g/mol. The van der Waals surface area contributed by atoms with E-state index in [0.29, 0.717) is 13.0 Å². The van der Waals surface area contributed by atoms with Crippen molar-refractivity contribution in [3.8, 4) is 11.5 Å². The van der Waals surface area contributed by atoms with E-state index < -0.39 is 0 Å². The largest absolute Gasteiger partial charge is 0.493 e. The summed E-state index contributed by atoms with van der Waals surface area (Å²) in [5.74, 6) is 1.67. The summed E-state index contributed by atoms with van der Waals surface area (Å²) in [6, 6.07) is 5.78. The minimum absolute atomic E-state index is 0.202. The first-order valence-corrected chi connectivity index (χ1v) is 5.46. The van der Waals surface area contributed by atoms with E-state index in [1.54, 1.807) is 14.0 Å². The predicted molar refractivity (Wildman–Crippen MR) is 63.2 cm³/mol. The highest BCUT2D eigenvalue weighted by Gasteiger charge is 2.05. The summed E-state index contributed by atoms with van der Waals surface area (Å²) in [5.41, 5.74) is 1.09. The fraction of sp³-hybridized carbons (Fsp3) is 0.462.